The van der Waals surface area contributed by atoms with Crippen LogP contribution in [0.4, 0.5) is 11.5 Å². The van der Waals surface area contributed by atoms with Crippen LogP contribution in [0.5, 0.6) is 11.5 Å². The Morgan fingerprint density at radius 2 is 1.29 bits per heavy atom. The van der Waals surface area contributed by atoms with E-state index in [1.807, 2.05) is 73.7 Å². The number of carbonyl (C=O) groups is 4. The van der Waals surface area contributed by atoms with E-state index in [0.29, 0.717) is 162 Å². The Balaban J connectivity index is 0.749. The first-order valence-electron chi connectivity index (χ1n) is 36.6. The second kappa shape index (κ2) is 40.7. The van der Waals surface area contributed by atoms with Gasteiger partial charge in [0.2, 0.25) is 5.91 Å². The topological polar surface area (TPSA) is 280 Å². The maximum absolute atomic E-state index is 14.8. The first-order valence-corrected chi connectivity index (χ1v) is 36.6. The minimum atomic E-state index is -0.527. The normalized spacial score (nSPS) is 13.7. The van der Waals surface area contributed by atoms with Gasteiger partial charge >= 0.3 is 11.9 Å². The van der Waals surface area contributed by atoms with E-state index in [4.69, 9.17) is 57.3 Å². The minimum absolute atomic E-state index is 0.0970. The summed E-state index contributed by atoms with van der Waals surface area (Å²) in [5, 5.41) is 10.3. The molecule has 2 aliphatic heterocycles. The van der Waals surface area contributed by atoms with E-state index in [-0.39, 0.29) is 55.0 Å². The van der Waals surface area contributed by atoms with Crippen LogP contribution in [-0.4, -0.2) is 168 Å². The van der Waals surface area contributed by atoms with Gasteiger partial charge in [-0.25, -0.2) is 15.0 Å². The van der Waals surface area contributed by atoms with Crippen molar-refractivity contribution in [3.8, 4) is 23.3 Å². The number of carbonyl (C=O) groups excluding carboxylic acids is 4. The van der Waals surface area contributed by atoms with Gasteiger partial charge in [-0.1, -0.05) is 70.1 Å². The molecule has 0 saturated heterocycles. The molecule has 6 heterocycles. The molecule has 2 aliphatic rings. The number of nitrogens with zero attached hydrogens (tertiary/aromatic N) is 4. The highest BCUT2D eigenvalue weighted by Crippen LogP contribution is 2.45. The number of H-pyrrole nitrogens is 2. The Morgan fingerprint density at radius 3 is 1.98 bits per heavy atom. The van der Waals surface area contributed by atoms with Gasteiger partial charge in [-0.3, -0.25) is 24.2 Å². The second-order valence-corrected chi connectivity index (χ2v) is 26.1. The molecule has 0 spiro atoms. The van der Waals surface area contributed by atoms with Crippen LogP contribution in [0.3, 0.4) is 0 Å². The third-order valence-electron chi connectivity index (χ3n) is 18.8. The van der Waals surface area contributed by atoms with E-state index in [9.17, 15) is 19.2 Å². The fourth-order valence-electron chi connectivity index (χ4n) is 13.1. The van der Waals surface area contributed by atoms with Gasteiger partial charge in [0.15, 0.2) is 11.5 Å². The van der Waals surface area contributed by atoms with Crippen LogP contribution in [0, 0.1) is 25.7 Å². The van der Waals surface area contributed by atoms with E-state index in [2.05, 4.69) is 101 Å². The van der Waals surface area contributed by atoms with Crippen LogP contribution in [-0.2, 0) is 76.3 Å². The van der Waals surface area contributed by atoms with Crippen LogP contribution in [0.1, 0.15) is 171 Å². The van der Waals surface area contributed by atoms with Crippen LogP contribution in [0.15, 0.2) is 85.2 Å². The van der Waals surface area contributed by atoms with Crippen molar-refractivity contribution in [3.63, 3.8) is 0 Å². The summed E-state index contributed by atoms with van der Waals surface area (Å²) in [5.74, 6) is 6.25. The maximum Gasteiger partial charge on any atom is 0.310 e. The first kappa shape index (κ1) is 79.6. The van der Waals surface area contributed by atoms with E-state index in [1.54, 1.807) is 14.2 Å². The Morgan fingerprint density at radius 1 is 0.619 bits per heavy atom. The van der Waals surface area contributed by atoms with Gasteiger partial charge in [0.25, 0.3) is 5.91 Å². The summed E-state index contributed by atoms with van der Waals surface area (Å²) < 4.78 is 56.8. The molecule has 5 N–H and O–H groups in total. The van der Waals surface area contributed by atoms with Crippen molar-refractivity contribution in [2.24, 2.45) is 0 Å². The number of aryl methyl sites for hydroxylation is 3. The average molecular weight is 1440 g/mol. The molecule has 0 aliphatic carbocycles. The summed E-state index contributed by atoms with van der Waals surface area (Å²) in [7, 11) is 5.94. The summed E-state index contributed by atoms with van der Waals surface area (Å²) in [5.41, 5.74) is 15.4. The molecule has 1 unspecified atom stereocenters. The fraction of sp³-hybridized carbons (Fsp3) is 0.463. The number of benzene rings is 3. The number of fused-ring (bicyclic) bond motifs is 9. The third-order valence-corrected chi connectivity index (χ3v) is 18.8. The molecule has 0 fully saturated rings. The molecule has 23 heteroatoms. The number of methoxy groups -OCH3 is 4. The molecule has 23 nitrogen and oxygen atoms in total. The molecule has 560 valence electrons. The van der Waals surface area contributed by atoms with Crippen molar-refractivity contribution < 1.29 is 66.5 Å². The number of hydrogen-bond donors (Lipinski definition) is 5. The van der Waals surface area contributed by atoms with Crippen LogP contribution in [0.25, 0.3) is 44.1 Å². The van der Waals surface area contributed by atoms with Gasteiger partial charge in [0.1, 0.15) is 25.4 Å². The third kappa shape index (κ3) is 22.0. The van der Waals surface area contributed by atoms with E-state index in [0.717, 1.165) is 103 Å². The summed E-state index contributed by atoms with van der Waals surface area (Å²) in [4.78, 5) is 81.4. The molecule has 0 saturated carbocycles. The largest absolute Gasteiger partial charge is 0.487 e. The first-order chi connectivity index (χ1) is 51.1. The lowest BCUT2D eigenvalue weighted by molar-refractivity contribution is -0.141. The lowest BCUT2D eigenvalue weighted by atomic mass is 9.84. The van der Waals surface area contributed by atoms with Gasteiger partial charge < -0.3 is 73.3 Å². The molecule has 3 aromatic carbocycles. The zero-order chi connectivity index (χ0) is 74.6. The Hall–Kier alpha value is -9.54. The van der Waals surface area contributed by atoms with Crippen LogP contribution < -0.4 is 25.4 Å². The predicted octanol–water partition coefficient (Wildman–Crippen LogP) is 13.1. The highest BCUT2D eigenvalue weighted by atomic mass is 16.6. The number of amides is 2. The van der Waals surface area contributed by atoms with Gasteiger partial charge in [-0.15, -0.1) is 0 Å². The van der Waals surface area contributed by atoms with Crippen molar-refractivity contribution in [2.45, 2.75) is 137 Å². The molecule has 7 aromatic rings. The number of ether oxygens (including phenoxy) is 10. The zero-order valence-electron chi connectivity index (χ0n) is 62.8. The molecule has 3 atom stereocenters. The molecule has 105 heavy (non-hydrogen) atoms. The van der Waals surface area contributed by atoms with E-state index in [1.165, 1.54) is 27.0 Å². The molecule has 0 radical (unpaired) electrons. The Kier molecular flexibility index (Phi) is 30.8. The zero-order valence-corrected chi connectivity index (χ0v) is 62.8. The Labute approximate surface area is 616 Å². The number of aromatic nitrogens is 6. The SMILES string of the molecule is CCCCCCOC(C)c1c(C)c2cc3nc(c(CC(=O)OC)c4nc(cc5[nH]c(cc1[nH]2)c(C)c5CC)C(C)=C4C(=O)NCCCOCCOCCOCCCNC(=O)Cc1cccc(C#Cc2cccc(Nc4ncnc5cc(OCCOC)c(OCCOC)cc45)c2)c1)[C@@H](CCC(=O)OC)[C@@H]3C. The molecular formula is C82H103N9O14. The number of aromatic amines is 2. The summed E-state index contributed by atoms with van der Waals surface area (Å²) in [6.45, 7) is 19.8. The smallest absolute Gasteiger partial charge is 0.310 e. The second-order valence-electron chi connectivity index (χ2n) is 26.1. The summed E-state index contributed by atoms with van der Waals surface area (Å²) >= 11 is 0. The summed E-state index contributed by atoms with van der Waals surface area (Å²) in [6, 6.07) is 25.3. The monoisotopic (exact) mass is 1440 g/mol. The van der Waals surface area contributed by atoms with Crippen LogP contribution in [0.2, 0.25) is 0 Å². The molecular weight excluding hydrogens is 1330 g/mol. The lowest BCUT2D eigenvalue weighted by Crippen LogP contribution is -2.27. The fourth-order valence-corrected chi connectivity index (χ4v) is 13.1. The highest BCUT2D eigenvalue weighted by Gasteiger charge is 2.36. The number of allylic oxidation sites excluding steroid dienone is 1. The standard InChI is InChI=1S/C82H103N9O14/c1-12-14-15-16-33-103-56(7)77-54(5)67-47-66-53(4)62(27-28-75(93)98-10)79(90-66)64(46-76(94)99-11)80-78(55(6)68(91-80)48-70-61(13-2)52(3)65(88-70)49-71(77)89-67)82(95)84-30-20-32-101-37-39-102-38-36-100-31-19-29-83-74(92)44-59-23-17-21-57(42-59)25-26-58-22-18-24-60(43-58)87-81-63-45-72(104-40-34-96-8)73(105-41-35-97-9)50-69(63)85-51-86-81/h17-18,21-24,42-43,45,47-51,53,56,62,88-89H,12-16,19-20,27-41,44,46H2,1-11H3,(H,83,92)(H,84,95)(H,85,86,87)/t53-,56?,62-/m0/s1. The Bertz CT molecular complexity index is 4400. The molecule has 2 amide bonds. The lowest BCUT2D eigenvalue weighted by Gasteiger charge is -2.18. The summed E-state index contributed by atoms with van der Waals surface area (Å²) in [6.07, 6.45) is 8.03. The van der Waals surface area contributed by atoms with Crippen LogP contribution >= 0.6 is 0 Å². The van der Waals surface area contributed by atoms with Crippen molar-refractivity contribution in [3.05, 3.63) is 152 Å². The molecule has 8 bridgehead atoms. The van der Waals surface area contributed by atoms with Gasteiger partial charge in [-0.05, 0) is 142 Å². The number of nitrogens with one attached hydrogen (secondary N) is 5. The maximum atomic E-state index is 14.8. The number of esters is 2. The highest BCUT2D eigenvalue weighted by molar-refractivity contribution is 6.27. The molecule has 9 rings (SSSR count). The van der Waals surface area contributed by atoms with Crippen molar-refractivity contribution in [1.82, 2.24) is 40.5 Å². The van der Waals surface area contributed by atoms with Crippen molar-refractivity contribution in [2.75, 3.05) is 120 Å². The molecule has 4 aromatic heterocycles. The van der Waals surface area contributed by atoms with E-state index < -0.39 is 5.97 Å². The quantitative estimate of drug-likeness (QED) is 0.0136. The average Bonchev–Trinajstić information content (AvgIpc) is 1.63. The number of unbranched alkanes of at least 4 members (excludes halogenated alkanes) is 3. The minimum Gasteiger partial charge on any atom is -0.487 e. The number of rotatable bonds is 40. The van der Waals surface area contributed by atoms with Crippen molar-refractivity contribution >= 4 is 79.4 Å². The number of anilines is 2. The van der Waals surface area contributed by atoms with E-state index >= 15 is 0 Å². The predicted molar refractivity (Wildman–Crippen MR) is 407 cm³/mol. The van der Waals surface area contributed by atoms with Gasteiger partial charge in [0.05, 0.1) is 101 Å². The number of hydrogen-bond acceptors (Lipinski definition) is 19. The van der Waals surface area contributed by atoms with Crippen molar-refractivity contribution in [1.29, 1.82) is 0 Å². The van der Waals surface area contributed by atoms with Gasteiger partial charge in [-0.2, -0.15) is 0 Å². The van der Waals surface area contributed by atoms with Gasteiger partial charge in [0, 0.05) is 133 Å².